The summed E-state index contributed by atoms with van der Waals surface area (Å²) in [5, 5.41) is 21.2. The number of unbranched alkanes of at least 4 members (excludes halogenated alkanes) is 1. The molecule has 2 bridgehead atoms. The lowest BCUT2D eigenvalue weighted by atomic mass is 9.33. The van der Waals surface area contributed by atoms with Crippen LogP contribution in [0.3, 0.4) is 0 Å². The van der Waals surface area contributed by atoms with Crippen LogP contribution in [0.2, 0.25) is 0 Å². The van der Waals surface area contributed by atoms with Crippen LogP contribution in [0.4, 0.5) is 0 Å². The highest BCUT2D eigenvalue weighted by Gasteiger charge is 2.81. The van der Waals surface area contributed by atoms with E-state index in [2.05, 4.69) is 61.5 Å². The Morgan fingerprint density at radius 1 is 1.03 bits per heavy atom. The van der Waals surface area contributed by atoms with E-state index in [1.54, 1.807) is 0 Å². The molecule has 1 aliphatic heterocycles. The molecule has 0 aromatic heterocycles. The number of ether oxygens (including phenoxy) is 1. The van der Waals surface area contributed by atoms with Gasteiger partial charge in [0.25, 0.3) is 0 Å². The second-order valence-electron chi connectivity index (χ2n) is 16.6. The molecule has 0 radical (unpaired) electrons. The summed E-state index contributed by atoms with van der Waals surface area (Å²) >= 11 is 0. The third-order valence-electron chi connectivity index (χ3n) is 14.1. The maximum atomic E-state index is 15.0. The van der Waals surface area contributed by atoms with Gasteiger partial charge in [0.05, 0.1) is 17.7 Å². The smallest absolute Gasteiger partial charge is 0.188 e. The Kier molecular flexibility index (Phi) is 5.67. The summed E-state index contributed by atoms with van der Waals surface area (Å²) in [6.45, 7) is 18.4. The van der Waals surface area contributed by atoms with Gasteiger partial charge in [0.2, 0.25) is 0 Å². The summed E-state index contributed by atoms with van der Waals surface area (Å²) in [6, 6.07) is 2.34. The quantitative estimate of drug-likeness (QED) is 0.394. The van der Waals surface area contributed by atoms with Crippen molar-refractivity contribution in [3.05, 3.63) is 23.0 Å². The molecule has 39 heavy (non-hydrogen) atoms. The van der Waals surface area contributed by atoms with Crippen LogP contribution < -0.4 is 0 Å². The molecular weight excluding hydrogens is 482 g/mol. The average molecular weight is 534 g/mol. The van der Waals surface area contributed by atoms with Crippen molar-refractivity contribution in [1.29, 1.82) is 5.26 Å². The highest BCUT2D eigenvalue weighted by Crippen LogP contribution is 2.80. The second-order valence-corrected chi connectivity index (χ2v) is 16.6. The standard InChI is InChI=1S/C35H51NO3/c1-9-10-11-27-34-16-14-29(2,3)20-25(34)35(39-27)26(37)18-24-31(6)19-22(21-36)28(38)30(4,5)23(31)12-13-32(24,7)33(35,8)15-17-34/h18,23,25,27,38H,9-17,19-20H2,1-8H3/t23-,25?,27?,31-,32+,33-,34-,35+/m0/s1. The maximum absolute atomic E-state index is 15.0. The van der Waals surface area contributed by atoms with Crippen LogP contribution >= 0.6 is 0 Å². The number of nitrogens with zero attached hydrogens (tertiary/aromatic N) is 1. The molecule has 6 rings (SSSR count). The first-order valence-electron chi connectivity index (χ1n) is 15.9. The summed E-state index contributed by atoms with van der Waals surface area (Å²) in [5.74, 6) is 0.917. The lowest BCUT2D eigenvalue weighted by Crippen LogP contribution is -2.71. The van der Waals surface area contributed by atoms with Crippen molar-refractivity contribution in [2.24, 2.45) is 44.3 Å². The number of carbonyl (C=O) groups is 1. The Balaban J connectivity index is 1.55. The summed E-state index contributed by atoms with van der Waals surface area (Å²) in [6.07, 6.45) is 13.7. The zero-order valence-corrected chi connectivity index (χ0v) is 25.8. The van der Waals surface area contributed by atoms with E-state index >= 15 is 0 Å². The molecule has 4 fully saturated rings. The van der Waals surface area contributed by atoms with Gasteiger partial charge in [-0.25, -0.2) is 0 Å². The van der Waals surface area contributed by atoms with Crippen LogP contribution in [-0.2, 0) is 9.53 Å². The van der Waals surface area contributed by atoms with E-state index in [0.717, 1.165) is 51.4 Å². The summed E-state index contributed by atoms with van der Waals surface area (Å²) in [4.78, 5) is 15.0. The molecule has 6 aliphatic rings. The van der Waals surface area contributed by atoms with E-state index in [4.69, 9.17) is 4.74 Å². The molecule has 4 heteroatoms. The Morgan fingerprint density at radius 3 is 2.38 bits per heavy atom. The largest absolute Gasteiger partial charge is 0.511 e. The fraction of sp³-hybridized carbons (Fsp3) is 0.829. The molecule has 214 valence electrons. The molecule has 1 saturated heterocycles. The number of rotatable bonds is 3. The van der Waals surface area contributed by atoms with E-state index in [1.807, 2.05) is 6.08 Å². The zero-order chi connectivity index (χ0) is 28.4. The highest BCUT2D eigenvalue weighted by atomic mass is 16.5. The number of allylic oxidation sites excluding steroid dienone is 3. The number of hydrogen-bond donors (Lipinski definition) is 1. The van der Waals surface area contributed by atoms with Crippen LogP contribution in [0.15, 0.2) is 23.0 Å². The molecule has 4 nitrogen and oxygen atoms in total. The van der Waals surface area contributed by atoms with E-state index in [0.29, 0.717) is 12.0 Å². The molecule has 0 amide bonds. The van der Waals surface area contributed by atoms with Gasteiger partial charge in [-0.3, -0.25) is 4.79 Å². The Bertz CT molecular complexity index is 1220. The van der Waals surface area contributed by atoms with Gasteiger partial charge in [0, 0.05) is 22.2 Å². The third-order valence-corrected chi connectivity index (χ3v) is 14.1. The van der Waals surface area contributed by atoms with Gasteiger partial charge in [0.1, 0.15) is 11.4 Å². The van der Waals surface area contributed by atoms with Crippen molar-refractivity contribution in [2.75, 3.05) is 0 Å². The number of aliphatic hydroxyl groups is 1. The average Bonchev–Trinajstić information content (AvgIpc) is 3.07. The van der Waals surface area contributed by atoms with E-state index in [1.165, 1.54) is 18.4 Å². The fourth-order valence-corrected chi connectivity index (χ4v) is 11.8. The van der Waals surface area contributed by atoms with Gasteiger partial charge in [0.15, 0.2) is 5.78 Å². The molecule has 5 aliphatic carbocycles. The lowest BCUT2D eigenvalue weighted by Gasteiger charge is -2.70. The fourth-order valence-electron chi connectivity index (χ4n) is 11.8. The van der Waals surface area contributed by atoms with Crippen LogP contribution in [-0.4, -0.2) is 22.6 Å². The van der Waals surface area contributed by atoms with Crippen molar-refractivity contribution in [2.45, 2.75) is 138 Å². The molecule has 1 N–H and O–H groups in total. The number of aliphatic hydroxyl groups excluding tert-OH is 1. The number of carbonyl (C=O) groups excluding carboxylic acids is 1. The number of ketones is 1. The van der Waals surface area contributed by atoms with Gasteiger partial charge in [-0.2, -0.15) is 5.26 Å². The molecule has 8 atom stereocenters. The van der Waals surface area contributed by atoms with Gasteiger partial charge < -0.3 is 9.84 Å². The van der Waals surface area contributed by atoms with Crippen molar-refractivity contribution in [3.8, 4) is 6.07 Å². The molecule has 2 unspecified atom stereocenters. The normalized spacial score (nSPS) is 49.3. The van der Waals surface area contributed by atoms with Crippen LogP contribution in [0.5, 0.6) is 0 Å². The Hall–Kier alpha value is -1.60. The first kappa shape index (κ1) is 27.6. The van der Waals surface area contributed by atoms with Crippen LogP contribution in [0, 0.1) is 55.7 Å². The van der Waals surface area contributed by atoms with E-state index < -0.39 is 11.0 Å². The summed E-state index contributed by atoms with van der Waals surface area (Å²) in [5.41, 5.74) is -0.00868. The molecule has 3 saturated carbocycles. The predicted octanol–water partition coefficient (Wildman–Crippen LogP) is 8.62. The van der Waals surface area contributed by atoms with Crippen molar-refractivity contribution in [1.82, 2.24) is 0 Å². The van der Waals surface area contributed by atoms with Gasteiger partial charge >= 0.3 is 0 Å². The van der Waals surface area contributed by atoms with Gasteiger partial charge in [-0.05, 0) is 86.0 Å². The Morgan fingerprint density at radius 2 is 1.72 bits per heavy atom. The molecule has 1 spiro atoms. The SMILES string of the molecule is CCCCC1O[C@]23C(=O)C=C4[C@@]5(C)CC(C#N)=C(O)C(C)(C)[C@@H]5CC[C@@]4(C)[C@]2(C)CC[C@]12CCC(C)(C)CC23. The minimum atomic E-state index is -0.761. The molecular formula is C35H51NO3. The first-order valence-corrected chi connectivity index (χ1v) is 15.9. The highest BCUT2D eigenvalue weighted by molar-refractivity contribution is 6.01. The number of hydrogen-bond acceptors (Lipinski definition) is 4. The van der Waals surface area contributed by atoms with Gasteiger partial charge in [-0.15, -0.1) is 0 Å². The molecule has 1 heterocycles. The minimum absolute atomic E-state index is 0.123. The summed E-state index contributed by atoms with van der Waals surface area (Å²) < 4.78 is 7.41. The maximum Gasteiger partial charge on any atom is 0.188 e. The second kappa shape index (κ2) is 8.02. The number of nitriles is 1. The monoisotopic (exact) mass is 533 g/mol. The predicted molar refractivity (Wildman–Crippen MR) is 154 cm³/mol. The van der Waals surface area contributed by atoms with E-state index in [-0.39, 0.29) is 56.6 Å². The van der Waals surface area contributed by atoms with Crippen molar-refractivity contribution >= 4 is 5.78 Å². The molecule has 0 aromatic carbocycles. The third kappa shape index (κ3) is 3.02. The van der Waals surface area contributed by atoms with E-state index in [9.17, 15) is 15.2 Å². The topological polar surface area (TPSA) is 70.3 Å². The summed E-state index contributed by atoms with van der Waals surface area (Å²) in [7, 11) is 0. The minimum Gasteiger partial charge on any atom is -0.511 e. The van der Waals surface area contributed by atoms with Crippen molar-refractivity contribution in [3.63, 3.8) is 0 Å². The van der Waals surface area contributed by atoms with Crippen LogP contribution in [0.25, 0.3) is 0 Å². The molecule has 0 aromatic rings. The lowest BCUT2D eigenvalue weighted by molar-refractivity contribution is -0.210. The number of fused-ring (bicyclic) bond motifs is 4. The van der Waals surface area contributed by atoms with Crippen molar-refractivity contribution < 1.29 is 14.6 Å². The zero-order valence-electron chi connectivity index (χ0n) is 25.8. The first-order chi connectivity index (χ1) is 18.1. The van der Waals surface area contributed by atoms with Crippen LogP contribution in [0.1, 0.15) is 126 Å². The van der Waals surface area contributed by atoms with Gasteiger partial charge in [-0.1, -0.05) is 73.8 Å². The Labute approximate surface area is 236 Å².